The second-order valence-corrected chi connectivity index (χ2v) is 6.74. The van der Waals surface area contributed by atoms with Gasteiger partial charge in [0.1, 0.15) is 6.20 Å². The molecule has 4 heterocycles. The van der Waals surface area contributed by atoms with E-state index in [9.17, 15) is 0 Å². The molecule has 24 heavy (non-hydrogen) atoms. The van der Waals surface area contributed by atoms with Crippen molar-refractivity contribution in [3.8, 4) is 0 Å². The fraction of sp³-hybridized carbons (Fsp3) is 0.263. The lowest BCUT2D eigenvalue weighted by molar-refractivity contribution is -0.658. The van der Waals surface area contributed by atoms with Gasteiger partial charge in [-0.05, 0) is 50.9 Å². The fourth-order valence-corrected chi connectivity index (χ4v) is 3.34. The number of pyridine rings is 2. The summed E-state index contributed by atoms with van der Waals surface area (Å²) in [5, 5.41) is 2.23. The number of nitrogens with zero attached hydrogens (tertiary/aromatic N) is 3. The lowest BCUT2D eigenvalue weighted by Crippen LogP contribution is -2.47. The lowest BCUT2D eigenvalue weighted by atomic mass is 9.61. The van der Waals surface area contributed by atoms with Crippen LogP contribution in [0.1, 0.15) is 16.8 Å². The average molecular weight is 318 g/mol. The van der Waals surface area contributed by atoms with E-state index in [0.717, 1.165) is 27.5 Å². The highest BCUT2D eigenvalue weighted by Gasteiger charge is 2.29. The Hall–Kier alpha value is -2.56. The molecule has 0 radical (unpaired) electrons. The van der Waals surface area contributed by atoms with E-state index in [0.29, 0.717) is 5.71 Å². The number of furan rings is 1. The first-order valence-electron chi connectivity index (χ1n) is 8.29. The van der Waals surface area contributed by atoms with Gasteiger partial charge >= 0.3 is 6.85 Å². The smallest absolute Gasteiger partial charge is 0.402 e. The van der Waals surface area contributed by atoms with Crippen molar-refractivity contribution in [3.63, 3.8) is 0 Å². The third-order valence-electron chi connectivity index (χ3n) is 4.85. The van der Waals surface area contributed by atoms with Gasteiger partial charge in [0.2, 0.25) is 5.71 Å². The third kappa shape index (κ3) is 2.23. The molecule has 5 heteroatoms. The molecule has 0 N–H and O–H groups in total. The summed E-state index contributed by atoms with van der Waals surface area (Å²) < 4.78 is 8.18. The third-order valence-corrected chi connectivity index (χ3v) is 4.85. The number of fused-ring (bicyclic) bond motifs is 3. The van der Waals surface area contributed by atoms with Gasteiger partial charge in [0.15, 0.2) is 5.42 Å². The first-order chi connectivity index (χ1) is 11.4. The second kappa shape index (κ2) is 5.23. The van der Waals surface area contributed by atoms with Gasteiger partial charge in [-0.1, -0.05) is 5.98 Å². The molecular weight excluding hydrogens is 297 g/mol. The Morgan fingerprint density at radius 3 is 2.75 bits per heavy atom. The first kappa shape index (κ1) is 15.0. The Bertz CT molecular complexity index is 1080. The quantitative estimate of drug-likeness (QED) is 0.506. The molecule has 0 amide bonds. The molecule has 3 aromatic heterocycles. The molecule has 0 saturated heterocycles. The monoisotopic (exact) mass is 318 g/mol. The zero-order chi connectivity index (χ0) is 17.0. The van der Waals surface area contributed by atoms with Crippen LogP contribution in [-0.2, 0) is 7.05 Å². The fourth-order valence-electron chi connectivity index (χ4n) is 3.34. The standard InChI is InChI=1S/C19H21BN3O/c1-12-8-18(22(5)10-13(12)2)23-11-17-16(9-20(23)4)15-7-6-14(3)21-19(15)24-17/h6-11H,1-5H3/q+1. The van der Waals surface area contributed by atoms with Crippen molar-refractivity contribution < 1.29 is 8.98 Å². The molecule has 4 nitrogen and oxygen atoms in total. The van der Waals surface area contributed by atoms with Gasteiger partial charge in [-0.15, -0.1) is 0 Å². The Balaban J connectivity index is 1.94. The van der Waals surface area contributed by atoms with Crippen molar-refractivity contribution >= 4 is 35.9 Å². The van der Waals surface area contributed by atoms with E-state index in [1.807, 2.05) is 13.0 Å². The van der Waals surface area contributed by atoms with Crippen molar-refractivity contribution in [1.82, 2.24) is 4.98 Å². The first-order valence-corrected chi connectivity index (χ1v) is 8.29. The number of aryl methyl sites for hydroxylation is 4. The topological polar surface area (TPSA) is 33.2 Å². The van der Waals surface area contributed by atoms with Gasteiger partial charge in [0, 0.05) is 22.4 Å². The van der Waals surface area contributed by atoms with Crippen LogP contribution in [0.2, 0.25) is 6.82 Å². The molecule has 3 aromatic rings. The summed E-state index contributed by atoms with van der Waals surface area (Å²) in [7, 11) is 2.08. The van der Waals surface area contributed by atoms with Crippen LogP contribution in [-0.4, -0.2) is 11.8 Å². The minimum Gasteiger partial charge on any atom is -0.434 e. The predicted molar refractivity (Wildman–Crippen MR) is 98.1 cm³/mol. The molecule has 1 aliphatic heterocycles. The van der Waals surface area contributed by atoms with Crippen LogP contribution >= 0.6 is 0 Å². The average Bonchev–Trinajstić information content (AvgIpc) is 2.86. The summed E-state index contributed by atoms with van der Waals surface area (Å²) in [5.41, 5.74) is 5.14. The number of hydrogen-bond donors (Lipinski definition) is 0. The summed E-state index contributed by atoms with van der Waals surface area (Å²) in [5.74, 6) is 3.41. The van der Waals surface area contributed by atoms with Gasteiger partial charge in [-0.2, -0.15) is 0 Å². The molecule has 0 aromatic carbocycles. The van der Waals surface area contributed by atoms with Gasteiger partial charge in [-0.25, -0.2) is 9.55 Å². The molecule has 0 fully saturated rings. The number of anilines is 1. The SMILES string of the molecule is CB1C=c2c(oc3nc(C)ccc23)=CN1c1cc(C)c(C)c[n+]1C. The minimum atomic E-state index is 0.243. The Kier molecular flexibility index (Phi) is 3.27. The minimum absolute atomic E-state index is 0.243. The molecule has 0 saturated carbocycles. The van der Waals surface area contributed by atoms with Crippen molar-refractivity contribution in [2.75, 3.05) is 4.81 Å². The number of aromatic nitrogens is 2. The van der Waals surface area contributed by atoms with E-state index >= 15 is 0 Å². The van der Waals surface area contributed by atoms with Crippen molar-refractivity contribution in [3.05, 3.63) is 51.9 Å². The van der Waals surface area contributed by atoms with Crippen LogP contribution in [0.25, 0.3) is 23.3 Å². The number of rotatable bonds is 1. The molecule has 4 rings (SSSR count). The molecule has 0 aliphatic carbocycles. The highest BCUT2D eigenvalue weighted by molar-refractivity contribution is 6.77. The summed E-state index contributed by atoms with van der Waals surface area (Å²) in [6, 6.07) is 6.36. The molecule has 0 bridgehead atoms. The van der Waals surface area contributed by atoms with E-state index in [-0.39, 0.29) is 6.85 Å². The molecule has 1 aliphatic rings. The van der Waals surface area contributed by atoms with Crippen LogP contribution in [0.15, 0.2) is 28.8 Å². The predicted octanol–water partition coefficient (Wildman–Crippen LogP) is 1.78. The normalized spacial score (nSPS) is 13.7. The maximum atomic E-state index is 6.02. The summed E-state index contributed by atoms with van der Waals surface area (Å²) in [4.78, 5) is 6.77. The van der Waals surface area contributed by atoms with Crippen LogP contribution in [0, 0.1) is 20.8 Å². The largest absolute Gasteiger partial charge is 0.434 e. The van der Waals surface area contributed by atoms with Crippen LogP contribution < -0.4 is 20.0 Å². The summed E-state index contributed by atoms with van der Waals surface area (Å²) in [6.07, 6.45) is 4.27. The maximum Gasteiger partial charge on any atom is 0.402 e. The van der Waals surface area contributed by atoms with Gasteiger partial charge in [0.05, 0.1) is 13.2 Å². The van der Waals surface area contributed by atoms with Crippen molar-refractivity contribution in [2.45, 2.75) is 27.6 Å². The van der Waals surface area contributed by atoms with Crippen LogP contribution in [0.3, 0.4) is 0 Å². The molecule has 0 spiro atoms. The maximum absolute atomic E-state index is 6.02. The van der Waals surface area contributed by atoms with Crippen LogP contribution in [0.5, 0.6) is 0 Å². The van der Waals surface area contributed by atoms with E-state index < -0.39 is 0 Å². The second-order valence-electron chi connectivity index (χ2n) is 6.74. The highest BCUT2D eigenvalue weighted by atomic mass is 16.3. The van der Waals surface area contributed by atoms with E-state index in [1.54, 1.807) is 0 Å². The summed E-state index contributed by atoms with van der Waals surface area (Å²) >= 11 is 0. The lowest BCUT2D eigenvalue weighted by Gasteiger charge is -2.19. The molecule has 0 unspecified atom stereocenters. The molecular formula is C19H21BN3O+. The van der Waals surface area contributed by atoms with Gasteiger partial charge in [0.25, 0.3) is 5.82 Å². The van der Waals surface area contributed by atoms with Gasteiger partial charge in [-0.3, -0.25) is 4.81 Å². The Morgan fingerprint density at radius 1 is 1.17 bits per heavy atom. The highest BCUT2D eigenvalue weighted by Crippen LogP contribution is 2.18. The Morgan fingerprint density at radius 2 is 1.96 bits per heavy atom. The summed E-state index contributed by atoms with van der Waals surface area (Å²) in [6.45, 7) is 8.72. The Labute approximate surface area is 141 Å². The molecule has 120 valence electrons. The zero-order valence-electron chi connectivity index (χ0n) is 14.8. The molecule has 0 atom stereocenters. The zero-order valence-corrected chi connectivity index (χ0v) is 14.8. The van der Waals surface area contributed by atoms with Crippen molar-refractivity contribution in [2.24, 2.45) is 7.05 Å². The number of hydrogen-bond acceptors (Lipinski definition) is 3. The van der Waals surface area contributed by atoms with Crippen LogP contribution in [0.4, 0.5) is 5.82 Å². The van der Waals surface area contributed by atoms with E-state index in [4.69, 9.17) is 4.42 Å². The van der Waals surface area contributed by atoms with E-state index in [2.05, 4.69) is 72.6 Å². The van der Waals surface area contributed by atoms with E-state index in [1.165, 1.54) is 11.1 Å². The van der Waals surface area contributed by atoms with Gasteiger partial charge < -0.3 is 4.42 Å². The van der Waals surface area contributed by atoms with Crippen molar-refractivity contribution in [1.29, 1.82) is 0 Å².